The Balaban J connectivity index is 2.09. The summed E-state index contributed by atoms with van der Waals surface area (Å²) in [6.45, 7) is 3.24. The maximum Gasteiger partial charge on any atom is 0.330 e. The van der Waals surface area contributed by atoms with Crippen LogP contribution in [-0.2, 0) is 16.0 Å². The van der Waals surface area contributed by atoms with Gasteiger partial charge >= 0.3 is 6.03 Å². The number of nitrogens with one attached hydrogen (secondary N) is 1. The summed E-state index contributed by atoms with van der Waals surface area (Å²) < 4.78 is 0. The van der Waals surface area contributed by atoms with Crippen LogP contribution in [0.2, 0.25) is 0 Å². The molecule has 2 heterocycles. The third-order valence-corrected chi connectivity index (χ3v) is 3.52. The average molecular weight is 267 g/mol. The number of carbonyl (C=O) groups excluding carboxylic acids is 3. The van der Waals surface area contributed by atoms with Crippen molar-refractivity contribution in [3.05, 3.63) is 16.6 Å². The molecule has 4 amide bonds. The molecule has 0 bridgehead atoms. The Morgan fingerprint density at radius 2 is 2.11 bits per heavy atom. The van der Waals surface area contributed by atoms with E-state index >= 15 is 0 Å². The monoisotopic (exact) mass is 267 g/mol. The number of hydrogen-bond acceptors (Lipinski definition) is 5. The third kappa shape index (κ3) is 2.13. The Hall–Kier alpha value is -1.76. The summed E-state index contributed by atoms with van der Waals surface area (Å²) >= 11 is 1.46. The zero-order valence-corrected chi connectivity index (χ0v) is 10.9. The Morgan fingerprint density at radius 1 is 1.39 bits per heavy atom. The van der Waals surface area contributed by atoms with Gasteiger partial charge in [-0.25, -0.2) is 9.78 Å². The minimum Gasteiger partial charge on any atom is -0.277 e. The van der Waals surface area contributed by atoms with E-state index < -0.39 is 23.3 Å². The van der Waals surface area contributed by atoms with E-state index in [0.717, 1.165) is 10.6 Å². The molecule has 0 unspecified atom stereocenters. The molecular weight excluding hydrogens is 254 g/mol. The van der Waals surface area contributed by atoms with E-state index in [9.17, 15) is 14.4 Å². The van der Waals surface area contributed by atoms with Crippen molar-refractivity contribution in [3.63, 3.8) is 0 Å². The normalized spacial score (nSPS) is 19.0. The lowest BCUT2D eigenvalue weighted by Crippen LogP contribution is -2.62. The van der Waals surface area contributed by atoms with Gasteiger partial charge in [0.25, 0.3) is 0 Å². The zero-order chi connectivity index (χ0) is 13.3. The lowest BCUT2D eigenvalue weighted by atomic mass is 9.89. The summed E-state index contributed by atoms with van der Waals surface area (Å²) in [7, 11) is 0. The minimum atomic E-state index is -1.20. The van der Waals surface area contributed by atoms with Gasteiger partial charge in [0.05, 0.1) is 11.2 Å². The fourth-order valence-electron chi connectivity index (χ4n) is 1.64. The van der Waals surface area contributed by atoms with Gasteiger partial charge in [-0.3, -0.25) is 19.8 Å². The minimum absolute atomic E-state index is 0.227. The highest BCUT2D eigenvalue weighted by Gasteiger charge is 2.46. The van der Waals surface area contributed by atoms with Gasteiger partial charge in [0.15, 0.2) is 0 Å². The Labute approximate surface area is 108 Å². The Morgan fingerprint density at radius 3 is 2.72 bits per heavy atom. The largest absolute Gasteiger partial charge is 0.330 e. The van der Waals surface area contributed by atoms with Crippen LogP contribution in [0.25, 0.3) is 0 Å². The summed E-state index contributed by atoms with van der Waals surface area (Å²) in [4.78, 5) is 40.4. The highest BCUT2D eigenvalue weighted by molar-refractivity contribution is 7.07. The fourth-order valence-corrected chi connectivity index (χ4v) is 2.23. The van der Waals surface area contributed by atoms with Crippen LogP contribution in [0.5, 0.6) is 0 Å². The second kappa shape index (κ2) is 4.49. The smallest absolute Gasteiger partial charge is 0.277 e. The van der Waals surface area contributed by atoms with Crippen LogP contribution in [0.4, 0.5) is 4.79 Å². The molecule has 0 aliphatic carbocycles. The van der Waals surface area contributed by atoms with E-state index in [1.54, 1.807) is 5.51 Å². The van der Waals surface area contributed by atoms with E-state index in [2.05, 4.69) is 10.3 Å². The number of urea groups is 1. The number of nitrogens with zero attached hydrogens (tertiary/aromatic N) is 2. The number of hydrogen-bond donors (Lipinski definition) is 1. The number of thiazole rings is 1. The molecule has 1 aliphatic rings. The maximum absolute atomic E-state index is 12.1. The van der Waals surface area contributed by atoms with Crippen LogP contribution in [-0.4, -0.2) is 34.3 Å². The molecule has 6 nitrogen and oxygen atoms in total. The van der Waals surface area contributed by atoms with Crippen molar-refractivity contribution in [2.24, 2.45) is 5.41 Å². The molecule has 96 valence electrons. The van der Waals surface area contributed by atoms with Crippen molar-refractivity contribution < 1.29 is 14.4 Å². The molecular formula is C11H13N3O3S. The number of barbiturate groups is 1. The van der Waals surface area contributed by atoms with Gasteiger partial charge < -0.3 is 0 Å². The van der Waals surface area contributed by atoms with Crippen molar-refractivity contribution >= 4 is 29.2 Å². The first-order chi connectivity index (χ1) is 8.43. The molecule has 0 radical (unpaired) electrons. The first-order valence-corrected chi connectivity index (χ1v) is 6.41. The van der Waals surface area contributed by atoms with Crippen LogP contribution in [0, 0.1) is 5.41 Å². The molecule has 1 aromatic rings. The number of rotatable bonds is 3. The molecule has 7 heteroatoms. The first kappa shape index (κ1) is 12.7. The highest BCUT2D eigenvalue weighted by atomic mass is 32.1. The van der Waals surface area contributed by atoms with Crippen molar-refractivity contribution in [3.8, 4) is 0 Å². The van der Waals surface area contributed by atoms with Crippen LogP contribution >= 0.6 is 11.3 Å². The predicted molar refractivity (Wildman–Crippen MR) is 64.9 cm³/mol. The predicted octanol–water partition coefficient (Wildman–Crippen LogP) is 0.790. The van der Waals surface area contributed by atoms with Crippen molar-refractivity contribution in [2.45, 2.75) is 20.3 Å². The van der Waals surface area contributed by atoms with Gasteiger partial charge in [-0.1, -0.05) is 0 Å². The lowest BCUT2D eigenvalue weighted by Gasteiger charge is -2.34. The SMILES string of the molecule is CC1(C)C(=O)NC(=O)N(CCc2cscn2)C1=O. The van der Waals surface area contributed by atoms with Crippen molar-refractivity contribution in [1.82, 2.24) is 15.2 Å². The van der Waals surface area contributed by atoms with Gasteiger partial charge in [0.2, 0.25) is 11.8 Å². The quantitative estimate of drug-likeness (QED) is 0.821. The van der Waals surface area contributed by atoms with Crippen LogP contribution in [0.3, 0.4) is 0 Å². The van der Waals surface area contributed by atoms with E-state index in [0.29, 0.717) is 6.42 Å². The van der Waals surface area contributed by atoms with Crippen LogP contribution in [0.1, 0.15) is 19.5 Å². The third-order valence-electron chi connectivity index (χ3n) is 2.89. The maximum atomic E-state index is 12.1. The second-order valence-electron chi connectivity index (χ2n) is 4.57. The molecule has 0 atom stereocenters. The van der Waals surface area contributed by atoms with E-state index in [1.807, 2.05) is 5.38 Å². The van der Waals surface area contributed by atoms with Crippen molar-refractivity contribution in [1.29, 1.82) is 0 Å². The second-order valence-corrected chi connectivity index (χ2v) is 5.29. The molecule has 0 saturated carbocycles. The number of aromatic nitrogens is 1. The van der Waals surface area contributed by atoms with Gasteiger partial charge in [-0.15, -0.1) is 11.3 Å². The number of amides is 4. The van der Waals surface area contributed by atoms with Crippen LogP contribution < -0.4 is 5.32 Å². The van der Waals surface area contributed by atoms with Gasteiger partial charge in [0, 0.05) is 18.3 Å². The molecule has 18 heavy (non-hydrogen) atoms. The highest BCUT2D eigenvalue weighted by Crippen LogP contribution is 2.23. The molecule has 0 spiro atoms. The zero-order valence-electron chi connectivity index (χ0n) is 10.1. The Kier molecular flexibility index (Phi) is 3.16. The topological polar surface area (TPSA) is 79.4 Å². The molecule has 1 saturated heterocycles. The van der Waals surface area contributed by atoms with Crippen molar-refractivity contribution in [2.75, 3.05) is 6.54 Å². The van der Waals surface area contributed by atoms with Crippen LogP contribution in [0.15, 0.2) is 10.9 Å². The summed E-state index contributed by atoms with van der Waals surface area (Å²) in [5, 5.41) is 4.05. The van der Waals surface area contributed by atoms with Gasteiger partial charge in [-0.2, -0.15) is 0 Å². The molecule has 1 N–H and O–H groups in total. The van der Waals surface area contributed by atoms with E-state index in [1.165, 1.54) is 25.2 Å². The summed E-state index contributed by atoms with van der Waals surface area (Å²) in [6.07, 6.45) is 0.493. The molecule has 1 aliphatic heterocycles. The standard InChI is InChI=1S/C11H13N3O3S/c1-11(2)8(15)13-10(17)14(9(11)16)4-3-7-5-18-6-12-7/h5-6H,3-4H2,1-2H3,(H,13,15,17). The van der Waals surface area contributed by atoms with Gasteiger partial charge in [-0.05, 0) is 13.8 Å². The number of carbonyl (C=O) groups is 3. The Bertz CT molecular complexity index is 496. The summed E-state index contributed by atoms with van der Waals surface area (Å²) in [5.41, 5.74) is 1.33. The summed E-state index contributed by atoms with van der Waals surface area (Å²) in [5.74, 6) is -1.02. The molecule has 2 rings (SSSR count). The molecule has 0 aromatic carbocycles. The molecule has 1 aromatic heterocycles. The summed E-state index contributed by atoms with van der Waals surface area (Å²) in [6, 6.07) is -0.653. The molecule has 1 fully saturated rings. The van der Waals surface area contributed by atoms with E-state index in [-0.39, 0.29) is 6.54 Å². The average Bonchev–Trinajstić information content (AvgIpc) is 2.80. The fraction of sp³-hybridized carbons (Fsp3) is 0.455. The lowest BCUT2D eigenvalue weighted by molar-refractivity contribution is -0.148. The first-order valence-electron chi connectivity index (χ1n) is 5.47. The van der Waals surface area contributed by atoms with E-state index in [4.69, 9.17) is 0 Å². The number of imide groups is 2. The van der Waals surface area contributed by atoms with Gasteiger partial charge in [0.1, 0.15) is 5.41 Å².